The molecule has 2 aliphatic rings. The zero-order valence-corrected chi connectivity index (χ0v) is 35.6. The Balaban J connectivity index is 1.36. The van der Waals surface area contributed by atoms with E-state index in [1.54, 1.807) is 4.57 Å². The van der Waals surface area contributed by atoms with E-state index in [4.69, 9.17) is 40.8 Å². The summed E-state index contributed by atoms with van der Waals surface area (Å²) in [6.45, 7) is 12.2. The highest BCUT2D eigenvalue weighted by Gasteiger charge is 2.46. The molecule has 1 N–H and O–H groups in total. The van der Waals surface area contributed by atoms with E-state index >= 15 is 0 Å². The standard InChI is InChI=1S/C39H55ClN7O5S2/c1-25-42-30-13-12-28(33(40)32(30)36(48)46(25)24-51-15-17-54(8)9)29-22-45(23-50-14-16-53(6)7)35-34(29)41-20-31(44-35)47-21-26-10-11-27(19-39(47,5)18-26)43-37(49)52-38(2,3)4/h12-13,20,22,26-27H,10-11,14-19,21,23-24H2,1-9H3/q+1/p+1/t26-,27+,39-/m0/s1. The summed E-state index contributed by atoms with van der Waals surface area (Å²) in [5, 5.41) is 3.81. The van der Waals surface area contributed by atoms with Crippen LogP contribution in [0, 0.1) is 12.8 Å². The van der Waals surface area contributed by atoms with E-state index in [-0.39, 0.29) is 51.8 Å². The lowest BCUT2D eigenvalue weighted by molar-refractivity contribution is 0.0494. The number of rotatable bonds is 13. The van der Waals surface area contributed by atoms with Gasteiger partial charge in [0.1, 0.15) is 47.7 Å². The number of anilines is 1. The van der Waals surface area contributed by atoms with Gasteiger partial charge < -0.3 is 29.0 Å². The van der Waals surface area contributed by atoms with Crippen LogP contribution in [0.1, 0.15) is 59.2 Å². The molecule has 4 heterocycles. The summed E-state index contributed by atoms with van der Waals surface area (Å²) in [7, 11) is 0.500. The molecule has 2 bridgehead atoms. The molecular weight excluding hydrogens is 746 g/mol. The molecule has 3 aromatic heterocycles. The van der Waals surface area contributed by atoms with Gasteiger partial charge in [0.05, 0.1) is 60.4 Å². The number of alkyl carbamates (subject to hydrolysis) is 1. The minimum Gasteiger partial charge on any atom is -0.444 e. The Bertz CT molecular complexity index is 2050. The SMILES string of the molecule is Cc1nc2ccc(-c3cn(COCC[S+](C)C)c4nc(N5C[C@H]6CC[C@@H](NC(=O)OC(C)(C)C)C[C@]5(C)C6)cnc34)c(Cl)c2c(=O)n1COCC[S+](C)C. The number of carbonyl (C=O) groups is 1. The summed E-state index contributed by atoms with van der Waals surface area (Å²) in [6.07, 6.45) is 15.9. The van der Waals surface area contributed by atoms with Crippen molar-refractivity contribution >= 4 is 67.4 Å². The predicted molar refractivity (Wildman–Crippen MR) is 223 cm³/mol. The number of benzene rings is 1. The summed E-state index contributed by atoms with van der Waals surface area (Å²) in [4.78, 5) is 44.1. The largest absolute Gasteiger partial charge is 0.444 e. The summed E-state index contributed by atoms with van der Waals surface area (Å²) in [6, 6.07) is 3.74. The Morgan fingerprint density at radius 2 is 1.72 bits per heavy atom. The average molecular weight is 803 g/mol. The highest BCUT2D eigenvalue weighted by molar-refractivity contribution is 7.95. The molecule has 0 unspecified atom stereocenters. The Morgan fingerprint density at radius 3 is 2.41 bits per heavy atom. The van der Waals surface area contributed by atoms with Crippen LogP contribution in [-0.4, -0.2) is 104 Å². The van der Waals surface area contributed by atoms with Gasteiger partial charge in [-0.3, -0.25) is 9.36 Å². The molecule has 0 spiro atoms. The fourth-order valence-electron chi connectivity index (χ4n) is 7.67. The molecule has 3 atom stereocenters. The second-order valence-electron chi connectivity index (χ2n) is 16.4. The third kappa shape index (κ3) is 9.15. The molecule has 15 heteroatoms. The zero-order chi connectivity index (χ0) is 38.9. The van der Waals surface area contributed by atoms with Crippen molar-refractivity contribution in [3.8, 4) is 11.1 Å². The lowest BCUT2D eigenvalue weighted by Crippen LogP contribution is -2.49. The molecule has 2 fully saturated rings. The minimum absolute atomic E-state index is 0.00952. The lowest BCUT2D eigenvalue weighted by Gasteiger charge is -2.39. The first kappa shape index (κ1) is 40.6. The number of amides is 1. The van der Waals surface area contributed by atoms with E-state index in [9.17, 15) is 9.59 Å². The van der Waals surface area contributed by atoms with Gasteiger partial charge in [-0.25, -0.2) is 19.7 Å². The molecule has 4 aromatic rings. The maximum atomic E-state index is 13.9. The number of nitrogens with one attached hydrogen (secondary N) is 1. The second-order valence-corrected chi connectivity index (χ2v) is 21.5. The monoisotopic (exact) mass is 801 g/mol. The van der Waals surface area contributed by atoms with Crippen molar-refractivity contribution in [1.29, 1.82) is 0 Å². The fourth-order valence-corrected chi connectivity index (χ4v) is 8.92. The van der Waals surface area contributed by atoms with E-state index in [2.05, 4.69) is 42.2 Å². The van der Waals surface area contributed by atoms with Gasteiger partial charge >= 0.3 is 6.09 Å². The molecule has 0 radical (unpaired) electrons. The normalized spacial score (nSPS) is 20.4. The van der Waals surface area contributed by atoms with Crippen LogP contribution in [0.15, 0.2) is 29.3 Å². The van der Waals surface area contributed by atoms with Gasteiger partial charge in [0.15, 0.2) is 5.65 Å². The van der Waals surface area contributed by atoms with E-state index in [0.717, 1.165) is 55.1 Å². The van der Waals surface area contributed by atoms with Crippen LogP contribution in [0.5, 0.6) is 0 Å². The van der Waals surface area contributed by atoms with Crippen molar-refractivity contribution < 1.29 is 19.0 Å². The first-order valence-corrected chi connectivity index (χ1v) is 23.4. The lowest BCUT2D eigenvalue weighted by atomic mass is 9.90. The summed E-state index contributed by atoms with van der Waals surface area (Å²) in [5.41, 5.74) is 2.28. The number of halogens is 1. The Kier molecular flexibility index (Phi) is 12.5. The van der Waals surface area contributed by atoms with Crippen LogP contribution < -0.4 is 15.8 Å². The van der Waals surface area contributed by atoms with Crippen molar-refractivity contribution in [3.63, 3.8) is 0 Å². The van der Waals surface area contributed by atoms with Crippen LogP contribution in [0.2, 0.25) is 5.02 Å². The molecule has 1 aliphatic carbocycles. The number of carbonyl (C=O) groups excluding carboxylic acids is 1. The third-order valence-electron chi connectivity index (χ3n) is 10.2. The van der Waals surface area contributed by atoms with Gasteiger partial charge in [-0.15, -0.1) is 0 Å². The molecule has 1 saturated carbocycles. The van der Waals surface area contributed by atoms with Crippen molar-refractivity contribution in [2.75, 3.05) is 61.2 Å². The number of ether oxygens (including phenoxy) is 3. The Hall–Kier alpha value is -3.04. The van der Waals surface area contributed by atoms with Crippen LogP contribution in [0.3, 0.4) is 0 Å². The van der Waals surface area contributed by atoms with Crippen molar-refractivity contribution in [3.05, 3.63) is 45.7 Å². The van der Waals surface area contributed by atoms with Crippen molar-refractivity contribution in [1.82, 2.24) is 29.4 Å². The molecule has 1 amide bonds. The topological polar surface area (TPSA) is 126 Å². The van der Waals surface area contributed by atoms with E-state index < -0.39 is 5.60 Å². The van der Waals surface area contributed by atoms with Crippen LogP contribution in [-0.2, 0) is 49.5 Å². The molecule has 1 aromatic carbocycles. The van der Waals surface area contributed by atoms with Gasteiger partial charge in [0.2, 0.25) is 0 Å². The molecular formula is C39H56ClN7O5S2+2. The Labute approximate surface area is 329 Å². The molecule has 12 nitrogen and oxygen atoms in total. The highest BCUT2D eigenvalue weighted by atomic mass is 35.5. The fraction of sp³-hybridized carbons (Fsp3) is 0.615. The number of aryl methyl sites for hydroxylation is 1. The zero-order valence-electron chi connectivity index (χ0n) is 33.2. The minimum atomic E-state index is -0.560. The van der Waals surface area contributed by atoms with Crippen LogP contribution >= 0.6 is 11.6 Å². The van der Waals surface area contributed by atoms with E-state index in [0.29, 0.717) is 64.3 Å². The van der Waals surface area contributed by atoms with Gasteiger partial charge in [-0.1, -0.05) is 17.7 Å². The van der Waals surface area contributed by atoms with Gasteiger partial charge in [-0.05, 0) is 94.1 Å². The summed E-state index contributed by atoms with van der Waals surface area (Å²) >= 11 is 7.17. The number of nitrogens with zero attached hydrogens (tertiary/aromatic N) is 6. The maximum Gasteiger partial charge on any atom is 0.407 e. The third-order valence-corrected chi connectivity index (χ3v) is 12.6. The number of hydrogen-bond donors (Lipinski definition) is 1. The number of hydrogen-bond acceptors (Lipinski definition) is 9. The predicted octanol–water partition coefficient (Wildman–Crippen LogP) is 6.14. The Morgan fingerprint density at radius 1 is 1.02 bits per heavy atom. The van der Waals surface area contributed by atoms with E-state index in [1.165, 1.54) is 0 Å². The van der Waals surface area contributed by atoms with Crippen molar-refractivity contribution in [2.24, 2.45) is 5.92 Å². The van der Waals surface area contributed by atoms with E-state index in [1.807, 2.05) is 56.8 Å². The second kappa shape index (κ2) is 16.6. The molecule has 1 aliphatic heterocycles. The van der Waals surface area contributed by atoms with Crippen LogP contribution in [0.25, 0.3) is 33.2 Å². The average Bonchev–Trinajstić information content (AvgIpc) is 3.54. The molecule has 294 valence electrons. The molecule has 6 rings (SSSR count). The smallest absolute Gasteiger partial charge is 0.407 e. The first-order chi connectivity index (χ1) is 25.5. The highest BCUT2D eigenvalue weighted by Crippen LogP contribution is 2.45. The van der Waals surface area contributed by atoms with Gasteiger partial charge in [-0.2, -0.15) is 0 Å². The quantitative estimate of drug-likeness (QED) is 0.126. The van der Waals surface area contributed by atoms with Gasteiger partial charge in [0, 0.05) is 35.4 Å². The summed E-state index contributed by atoms with van der Waals surface area (Å²) < 4.78 is 21.2. The molecule has 54 heavy (non-hydrogen) atoms. The maximum absolute atomic E-state index is 13.9. The number of fused-ring (bicyclic) bond motifs is 4. The first-order valence-electron chi connectivity index (χ1n) is 18.6. The van der Waals surface area contributed by atoms with Crippen molar-refractivity contribution in [2.45, 2.75) is 90.9 Å². The molecule has 1 saturated heterocycles. The van der Waals surface area contributed by atoms with Crippen LogP contribution in [0.4, 0.5) is 10.6 Å². The van der Waals surface area contributed by atoms with Gasteiger partial charge in [0.25, 0.3) is 5.56 Å². The number of aromatic nitrogens is 5. The summed E-state index contributed by atoms with van der Waals surface area (Å²) in [5.74, 6) is 3.72.